The van der Waals surface area contributed by atoms with Crippen LogP contribution in [0.2, 0.25) is 10.0 Å². The van der Waals surface area contributed by atoms with Crippen molar-refractivity contribution in [1.29, 1.82) is 0 Å². The number of quaternary nitrogens is 1. The van der Waals surface area contributed by atoms with Gasteiger partial charge in [0.1, 0.15) is 5.75 Å². The van der Waals surface area contributed by atoms with Crippen LogP contribution in [0.3, 0.4) is 0 Å². The van der Waals surface area contributed by atoms with Crippen molar-refractivity contribution >= 4 is 29.0 Å². The highest BCUT2D eigenvalue weighted by Gasteiger charge is 2.18. The Hall–Kier alpha value is -2.18. The summed E-state index contributed by atoms with van der Waals surface area (Å²) in [7, 11) is 0. The fraction of sp³-hybridized carbons (Fsp3) is 0.200. The molecule has 0 amide bonds. The lowest BCUT2D eigenvalue weighted by atomic mass is 10.1. The Bertz CT molecular complexity index is 949. The summed E-state index contributed by atoms with van der Waals surface area (Å²) < 4.78 is 0. The van der Waals surface area contributed by atoms with Gasteiger partial charge in [-0.3, -0.25) is 5.32 Å². The largest absolute Gasteiger partial charge is 0.507 e. The second kappa shape index (κ2) is 8.67. The van der Waals surface area contributed by atoms with Crippen LogP contribution in [0.5, 0.6) is 5.75 Å². The zero-order valence-electron chi connectivity index (χ0n) is 14.9. The maximum atomic E-state index is 10.2. The zero-order valence-corrected chi connectivity index (χ0v) is 16.4. The van der Waals surface area contributed by atoms with Gasteiger partial charge in [-0.2, -0.15) is 4.98 Å². The molecule has 2 aromatic carbocycles. The van der Waals surface area contributed by atoms with E-state index >= 15 is 0 Å². The molecule has 0 spiro atoms. The van der Waals surface area contributed by atoms with Gasteiger partial charge in [0.05, 0.1) is 23.7 Å². The predicted octanol–water partition coefficient (Wildman–Crippen LogP) is 3.76. The first-order chi connectivity index (χ1) is 13.0. The van der Waals surface area contributed by atoms with Crippen LogP contribution in [0, 0.1) is 0 Å². The molecular weight excluding hydrogens is 383 g/mol. The average molecular weight is 404 g/mol. The molecule has 3 aromatic rings. The Labute approximate surface area is 168 Å². The molecule has 5 N–H and O–H groups in total. The number of rotatable bonds is 6. The van der Waals surface area contributed by atoms with Gasteiger partial charge < -0.3 is 10.8 Å². The summed E-state index contributed by atoms with van der Waals surface area (Å²) in [5.74, 6) is 1.18. The number of aromatic hydroxyl groups is 1. The molecule has 7 heteroatoms. The van der Waals surface area contributed by atoms with Crippen LogP contribution in [0.25, 0.3) is 22.5 Å². The second-order valence-electron chi connectivity index (χ2n) is 6.24. The highest BCUT2D eigenvalue weighted by molar-refractivity contribution is 6.33. The monoisotopic (exact) mass is 403 g/mol. The molecule has 0 aliphatic rings. The zero-order chi connectivity index (χ0) is 19.4. The van der Waals surface area contributed by atoms with Crippen molar-refractivity contribution in [2.75, 3.05) is 6.54 Å². The van der Waals surface area contributed by atoms with Crippen molar-refractivity contribution in [3.63, 3.8) is 0 Å². The van der Waals surface area contributed by atoms with E-state index < -0.39 is 0 Å². The molecule has 5 nitrogen and oxygen atoms in total. The molecule has 0 unspecified atom stereocenters. The molecule has 0 fully saturated rings. The SMILES string of the molecule is CC[C@@H](N)C[NH2+]c1nc(-c2cc(Cl)ccc2O)ncc1-c1ccccc1Cl. The lowest BCUT2D eigenvalue weighted by Gasteiger charge is -2.12. The molecule has 0 aliphatic heterocycles. The van der Waals surface area contributed by atoms with E-state index in [4.69, 9.17) is 28.9 Å². The van der Waals surface area contributed by atoms with Crippen LogP contribution < -0.4 is 11.1 Å². The second-order valence-corrected chi connectivity index (χ2v) is 7.09. The smallest absolute Gasteiger partial charge is 0.235 e. The highest BCUT2D eigenvalue weighted by Crippen LogP contribution is 2.33. The number of hydrogen-bond donors (Lipinski definition) is 3. The number of phenols is 1. The van der Waals surface area contributed by atoms with E-state index in [1.165, 1.54) is 6.07 Å². The van der Waals surface area contributed by atoms with Gasteiger partial charge in [-0.25, -0.2) is 4.98 Å². The molecule has 1 atom stereocenters. The maximum absolute atomic E-state index is 10.2. The summed E-state index contributed by atoms with van der Waals surface area (Å²) in [6.45, 7) is 2.72. The summed E-state index contributed by atoms with van der Waals surface area (Å²) in [6.07, 6.45) is 2.58. The van der Waals surface area contributed by atoms with E-state index in [1.807, 2.05) is 36.5 Å². The Morgan fingerprint density at radius 1 is 1.11 bits per heavy atom. The maximum Gasteiger partial charge on any atom is 0.235 e. The summed E-state index contributed by atoms with van der Waals surface area (Å²) in [4.78, 5) is 9.11. The average Bonchev–Trinajstić information content (AvgIpc) is 2.68. The first-order valence-corrected chi connectivity index (χ1v) is 9.44. The normalized spacial score (nSPS) is 12.1. The Kier molecular flexibility index (Phi) is 6.29. The van der Waals surface area contributed by atoms with E-state index in [1.54, 1.807) is 18.3 Å². The number of aromatic nitrogens is 2. The van der Waals surface area contributed by atoms with Crippen molar-refractivity contribution in [3.8, 4) is 28.3 Å². The van der Waals surface area contributed by atoms with Gasteiger partial charge in [-0.1, -0.05) is 48.3 Å². The van der Waals surface area contributed by atoms with Crippen molar-refractivity contribution in [1.82, 2.24) is 9.97 Å². The van der Waals surface area contributed by atoms with E-state index in [9.17, 15) is 5.11 Å². The predicted molar refractivity (Wildman–Crippen MR) is 109 cm³/mol. The van der Waals surface area contributed by atoms with Crippen LogP contribution in [0.1, 0.15) is 13.3 Å². The number of nitrogens with zero attached hydrogens (tertiary/aromatic N) is 2. The molecule has 0 bridgehead atoms. The Morgan fingerprint density at radius 3 is 2.63 bits per heavy atom. The fourth-order valence-electron chi connectivity index (χ4n) is 2.68. The van der Waals surface area contributed by atoms with Gasteiger partial charge in [0.15, 0.2) is 5.82 Å². The molecule has 0 saturated heterocycles. The van der Waals surface area contributed by atoms with Crippen molar-refractivity contribution in [2.45, 2.75) is 19.4 Å². The Morgan fingerprint density at radius 2 is 1.89 bits per heavy atom. The number of nitrogens with two attached hydrogens (primary N) is 2. The van der Waals surface area contributed by atoms with Crippen LogP contribution in [0.15, 0.2) is 48.7 Å². The molecule has 0 saturated carbocycles. The molecular formula is C20H21Cl2N4O+. The van der Waals surface area contributed by atoms with Crippen molar-refractivity contribution in [2.24, 2.45) is 5.73 Å². The number of halogens is 2. The molecule has 140 valence electrons. The standard InChI is InChI=1S/C20H20Cl2N4O/c1-2-13(23)10-24-20-16(14-5-3-4-6-17(14)22)11-25-19(26-20)15-9-12(21)7-8-18(15)27/h3-9,11,13,27H,2,10,23H2,1H3,(H,24,25,26)/p+1/t13-/m1/s1. The summed E-state index contributed by atoms with van der Waals surface area (Å²) in [6, 6.07) is 12.4. The minimum Gasteiger partial charge on any atom is -0.507 e. The summed E-state index contributed by atoms with van der Waals surface area (Å²) in [5, 5.41) is 13.3. The summed E-state index contributed by atoms with van der Waals surface area (Å²) >= 11 is 12.4. The molecule has 1 heterocycles. The van der Waals surface area contributed by atoms with E-state index in [0.29, 0.717) is 28.0 Å². The topological polar surface area (TPSA) is 88.6 Å². The van der Waals surface area contributed by atoms with Gasteiger partial charge in [0.25, 0.3) is 0 Å². The minimum absolute atomic E-state index is 0.0436. The van der Waals surface area contributed by atoms with Crippen LogP contribution >= 0.6 is 23.2 Å². The number of benzene rings is 2. The van der Waals surface area contributed by atoms with Gasteiger partial charge in [-0.05, 0) is 30.7 Å². The number of phenolic OH excluding ortho intramolecular Hbond substituents is 1. The van der Waals surface area contributed by atoms with Crippen LogP contribution in [0.4, 0.5) is 5.82 Å². The third-order valence-electron chi connectivity index (χ3n) is 4.32. The van der Waals surface area contributed by atoms with Gasteiger partial charge in [-0.15, -0.1) is 0 Å². The first-order valence-electron chi connectivity index (χ1n) is 8.69. The molecule has 0 aliphatic carbocycles. The molecule has 3 rings (SSSR count). The minimum atomic E-state index is 0.0436. The quantitative estimate of drug-likeness (QED) is 0.584. The number of hydrogen-bond acceptors (Lipinski definition) is 4. The van der Waals surface area contributed by atoms with E-state index in [0.717, 1.165) is 23.4 Å². The third-order valence-corrected chi connectivity index (χ3v) is 4.88. The van der Waals surface area contributed by atoms with Crippen molar-refractivity contribution in [3.05, 3.63) is 58.7 Å². The summed E-state index contributed by atoms with van der Waals surface area (Å²) in [5.41, 5.74) is 8.21. The van der Waals surface area contributed by atoms with Crippen molar-refractivity contribution < 1.29 is 10.4 Å². The van der Waals surface area contributed by atoms with Crippen LogP contribution in [-0.4, -0.2) is 27.7 Å². The van der Waals surface area contributed by atoms with E-state index in [-0.39, 0.29) is 11.8 Å². The van der Waals surface area contributed by atoms with Gasteiger partial charge in [0.2, 0.25) is 5.82 Å². The fourth-order valence-corrected chi connectivity index (χ4v) is 3.09. The lowest BCUT2D eigenvalue weighted by molar-refractivity contribution is -0.576. The van der Waals surface area contributed by atoms with Gasteiger partial charge >= 0.3 is 0 Å². The van der Waals surface area contributed by atoms with E-state index in [2.05, 4.69) is 9.97 Å². The van der Waals surface area contributed by atoms with Gasteiger partial charge in [0, 0.05) is 21.8 Å². The third kappa shape index (κ3) is 4.57. The van der Waals surface area contributed by atoms with Crippen LogP contribution in [-0.2, 0) is 0 Å². The highest BCUT2D eigenvalue weighted by atomic mass is 35.5. The molecule has 27 heavy (non-hydrogen) atoms. The lowest BCUT2D eigenvalue weighted by Crippen LogP contribution is -2.82. The first kappa shape index (κ1) is 19.6. The molecule has 0 radical (unpaired) electrons. The Balaban J connectivity index is 2.09. The molecule has 1 aromatic heterocycles.